The molecule has 3 aromatic rings. The molecule has 5 N–H and O–H groups in total. The maximum absolute atomic E-state index is 13.9. The number of thiazole rings is 1. The number of alkyl carbamates (subject to hydrolysis) is 1. The van der Waals surface area contributed by atoms with E-state index in [4.69, 9.17) is 39.3 Å². The number of Topliss-reactive ketones (excluding diaryl/α,β-unsaturated/α-hetero) is 2. The van der Waals surface area contributed by atoms with E-state index in [0.717, 1.165) is 16.0 Å². The van der Waals surface area contributed by atoms with Crippen molar-refractivity contribution in [2.24, 2.45) is 17.6 Å². The minimum absolute atomic E-state index is 0.0210. The van der Waals surface area contributed by atoms with E-state index in [1.165, 1.54) is 11.3 Å². The van der Waals surface area contributed by atoms with Crippen LogP contribution < -0.4 is 21.5 Å². The van der Waals surface area contributed by atoms with Crippen molar-refractivity contribution >= 4 is 40.9 Å². The van der Waals surface area contributed by atoms with E-state index in [9.17, 15) is 37.5 Å². The SMILES string of the molecule is CC(C)[C@H](NC(=O)COCCOCCCC(=O)COCCOCCN)C(=O)C[C@@H](Cc1ccccc1)C[C@H](O)[C@H](Cc1ccccc1)NC(=O)OCc1cncs1.O=C([O-])C(F)(F)F. The molecule has 64 heavy (non-hydrogen) atoms. The minimum Gasteiger partial charge on any atom is -0.542 e. The number of rotatable bonds is 31. The number of aliphatic hydroxyl groups excluding tert-OH is 1. The van der Waals surface area contributed by atoms with E-state index < -0.39 is 42.3 Å². The monoisotopic (exact) mass is 925 g/mol. The molecule has 0 aliphatic heterocycles. The zero-order chi connectivity index (χ0) is 47.2. The number of nitrogens with one attached hydrogen (secondary N) is 2. The molecule has 0 bridgehead atoms. The topological polar surface area (TPSA) is 238 Å². The Hall–Kier alpha value is -4.83. The van der Waals surface area contributed by atoms with Gasteiger partial charge in [0.2, 0.25) is 5.91 Å². The molecule has 1 aromatic heterocycles. The first-order chi connectivity index (χ1) is 30.6. The molecule has 0 aliphatic rings. The number of aromatic nitrogens is 1. The lowest BCUT2D eigenvalue weighted by molar-refractivity contribution is -0.344. The van der Waals surface area contributed by atoms with Gasteiger partial charge in [-0.2, -0.15) is 13.2 Å². The van der Waals surface area contributed by atoms with Crippen molar-refractivity contribution in [1.82, 2.24) is 15.6 Å². The van der Waals surface area contributed by atoms with Gasteiger partial charge in [0.1, 0.15) is 25.8 Å². The fourth-order valence-corrected chi connectivity index (χ4v) is 6.56. The zero-order valence-electron chi connectivity index (χ0n) is 36.1. The summed E-state index contributed by atoms with van der Waals surface area (Å²) < 4.78 is 58.5. The standard InChI is InChI=1S/C42H60N4O10S.C2HF3O2/c1-31(2)41(46-40(50)29-55-21-18-52-16-9-14-35(47)27-54-20-19-53-17-15-43)39(49)25-34(22-32-10-5-3-6-11-32)24-38(48)37(23-33-12-7-4-8-13-33)45-42(51)56-28-36-26-44-30-57-36;3-2(4,5)1(6)7/h3-8,10-13,26,30-31,34,37-38,41,48H,9,14-25,27-29,43H2,1-2H3,(H,45,51)(H,46,50);(H,6,7)/p-1/t34-,37-,38-,41-;/m0./s1. The summed E-state index contributed by atoms with van der Waals surface area (Å²) in [5, 5.41) is 26.2. The lowest BCUT2D eigenvalue weighted by atomic mass is 9.84. The van der Waals surface area contributed by atoms with Gasteiger partial charge in [-0.3, -0.25) is 19.4 Å². The van der Waals surface area contributed by atoms with Gasteiger partial charge in [-0.15, -0.1) is 11.3 Å². The van der Waals surface area contributed by atoms with Gasteiger partial charge in [0, 0.05) is 32.2 Å². The fourth-order valence-electron chi connectivity index (χ4n) is 6.05. The largest absolute Gasteiger partial charge is 0.542 e. The number of nitrogens with two attached hydrogens (primary N) is 1. The van der Waals surface area contributed by atoms with Crippen molar-refractivity contribution < 1.29 is 71.0 Å². The average molecular weight is 926 g/mol. The number of carboxylic acids is 1. The lowest BCUT2D eigenvalue weighted by Crippen LogP contribution is -2.47. The summed E-state index contributed by atoms with van der Waals surface area (Å²) in [7, 11) is 0. The molecule has 0 fully saturated rings. The van der Waals surface area contributed by atoms with Crippen molar-refractivity contribution in [3.8, 4) is 0 Å². The highest BCUT2D eigenvalue weighted by molar-refractivity contribution is 7.09. The molecule has 2 amide bonds. The molecule has 0 saturated carbocycles. The highest BCUT2D eigenvalue weighted by Crippen LogP contribution is 2.23. The van der Waals surface area contributed by atoms with Crippen LogP contribution in [0.25, 0.3) is 0 Å². The Bertz CT molecular complexity index is 1760. The predicted octanol–water partition coefficient (Wildman–Crippen LogP) is 3.36. The Morgan fingerprint density at radius 1 is 0.828 bits per heavy atom. The van der Waals surface area contributed by atoms with E-state index in [0.29, 0.717) is 58.7 Å². The average Bonchev–Trinajstić information content (AvgIpc) is 3.78. The van der Waals surface area contributed by atoms with Gasteiger partial charge in [0.25, 0.3) is 0 Å². The molecule has 16 nitrogen and oxygen atoms in total. The number of carbonyl (C=O) groups is 5. The molecule has 3 rings (SSSR count). The number of hydrogen-bond acceptors (Lipinski definition) is 15. The normalized spacial score (nSPS) is 13.2. The van der Waals surface area contributed by atoms with E-state index >= 15 is 0 Å². The van der Waals surface area contributed by atoms with Crippen LogP contribution in [0.1, 0.15) is 55.5 Å². The highest BCUT2D eigenvalue weighted by Gasteiger charge is 2.31. The Morgan fingerprint density at radius 2 is 1.41 bits per heavy atom. The van der Waals surface area contributed by atoms with Crippen molar-refractivity contribution in [3.63, 3.8) is 0 Å². The predicted molar refractivity (Wildman–Crippen MR) is 228 cm³/mol. The first-order valence-electron chi connectivity index (χ1n) is 20.8. The van der Waals surface area contributed by atoms with Crippen LogP contribution >= 0.6 is 11.3 Å². The molecule has 1 heterocycles. The van der Waals surface area contributed by atoms with Crippen LogP contribution in [0.4, 0.5) is 18.0 Å². The second kappa shape index (κ2) is 31.9. The number of nitrogens with zero attached hydrogens (tertiary/aromatic N) is 1. The number of aliphatic carboxylic acids is 1. The van der Waals surface area contributed by atoms with Gasteiger partial charge in [-0.05, 0) is 48.6 Å². The molecule has 356 valence electrons. The number of amides is 2. The smallest absolute Gasteiger partial charge is 0.430 e. The van der Waals surface area contributed by atoms with Gasteiger partial charge >= 0.3 is 12.3 Å². The third-order valence-corrected chi connectivity index (χ3v) is 9.89. The first-order valence-corrected chi connectivity index (χ1v) is 21.7. The number of halogens is 3. The Balaban J connectivity index is 0.00000185. The summed E-state index contributed by atoms with van der Waals surface area (Å²) in [6.07, 6.45) is -3.21. The molecule has 2 aromatic carbocycles. The Morgan fingerprint density at radius 3 is 1.97 bits per heavy atom. The van der Waals surface area contributed by atoms with Crippen molar-refractivity contribution in [1.29, 1.82) is 0 Å². The summed E-state index contributed by atoms with van der Waals surface area (Å²) in [5.74, 6) is -4.13. The van der Waals surface area contributed by atoms with E-state index in [2.05, 4.69) is 15.6 Å². The van der Waals surface area contributed by atoms with Crippen LogP contribution in [0.15, 0.2) is 72.4 Å². The molecule has 0 radical (unpaired) electrons. The van der Waals surface area contributed by atoms with Crippen molar-refractivity contribution in [2.45, 2.75) is 83.3 Å². The second-order valence-corrected chi connectivity index (χ2v) is 15.8. The van der Waals surface area contributed by atoms with Crippen LogP contribution in [0, 0.1) is 11.8 Å². The number of carbonyl (C=O) groups excluding carboxylic acids is 5. The first kappa shape index (κ1) is 55.3. The number of alkyl halides is 3. The maximum Gasteiger partial charge on any atom is 0.430 e. The summed E-state index contributed by atoms with van der Waals surface area (Å²) in [6, 6.07) is 17.8. The van der Waals surface area contributed by atoms with Gasteiger partial charge in [0.05, 0.1) is 61.6 Å². The number of ether oxygens (including phenoxy) is 5. The molecule has 0 spiro atoms. The van der Waals surface area contributed by atoms with Gasteiger partial charge in [-0.1, -0.05) is 74.5 Å². The summed E-state index contributed by atoms with van der Waals surface area (Å²) >= 11 is 1.38. The zero-order valence-corrected chi connectivity index (χ0v) is 36.9. The maximum atomic E-state index is 13.9. The summed E-state index contributed by atoms with van der Waals surface area (Å²) in [5.41, 5.74) is 8.93. The molecule has 0 saturated heterocycles. The number of ketones is 2. The van der Waals surface area contributed by atoms with Crippen LogP contribution in [-0.4, -0.2) is 123 Å². The quantitative estimate of drug-likeness (QED) is 0.0678. The minimum atomic E-state index is -5.19. The highest BCUT2D eigenvalue weighted by atomic mass is 32.1. The van der Waals surface area contributed by atoms with E-state index in [1.54, 1.807) is 11.7 Å². The van der Waals surface area contributed by atoms with Gasteiger partial charge < -0.3 is 55.1 Å². The lowest BCUT2D eigenvalue weighted by Gasteiger charge is -2.29. The van der Waals surface area contributed by atoms with E-state index in [1.807, 2.05) is 74.5 Å². The molecule has 0 unspecified atom stereocenters. The van der Waals surface area contributed by atoms with Crippen LogP contribution in [0.5, 0.6) is 0 Å². The van der Waals surface area contributed by atoms with Gasteiger partial charge in [-0.25, -0.2) is 4.79 Å². The van der Waals surface area contributed by atoms with Crippen molar-refractivity contribution in [2.75, 3.05) is 59.4 Å². The summed E-state index contributed by atoms with van der Waals surface area (Å²) in [4.78, 5) is 65.2. The fraction of sp³-hybridized carbons (Fsp3) is 0.545. The number of aliphatic hydroxyl groups is 1. The molecular weight excluding hydrogens is 866 g/mol. The van der Waals surface area contributed by atoms with Crippen LogP contribution in [0.2, 0.25) is 0 Å². The number of carboxylic acid groups (broad SMARTS) is 1. The third-order valence-electron chi connectivity index (χ3n) is 9.14. The molecule has 4 atom stereocenters. The van der Waals surface area contributed by atoms with Crippen molar-refractivity contribution in [3.05, 3.63) is 88.4 Å². The van der Waals surface area contributed by atoms with Crippen LogP contribution in [-0.2, 0) is 62.3 Å². The Labute approximate surface area is 375 Å². The van der Waals surface area contributed by atoms with Gasteiger partial charge in [0.15, 0.2) is 11.6 Å². The number of hydrogen-bond donors (Lipinski definition) is 4. The molecular formula is C44H60F3N4O12S-. The Kier molecular flexibility index (Phi) is 27.6. The second-order valence-electron chi connectivity index (χ2n) is 14.8. The van der Waals surface area contributed by atoms with E-state index in [-0.39, 0.29) is 69.3 Å². The summed E-state index contributed by atoms with van der Waals surface area (Å²) in [6.45, 7) is 5.98. The molecule has 20 heteroatoms. The number of benzene rings is 2. The third kappa shape index (κ3) is 25.5. The molecule has 0 aliphatic carbocycles. The van der Waals surface area contributed by atoms with Crippen LogP contribution in [0.3, 0.4) is 0 Å².